The molecule has 0 bridgehead atoms. The molecular formula is C24H22N6O2S2. The van der Waals surface area contributed by atoms with Crippen LogP contribution in [0.3, 0.4) is 0 Å². The number of hydrogen-bond donors (Lipinski definition) is 4. The number of amides is 3. The van der Waals surface area contributed by atoms with Crippen LogP contribution in [0, 0.1) is 0 Å². The van der Waals surface area contributed by atoms with E-state index < -0.39 is 0 Å². The van der Waals surface area contributed by atoms with E-state index in [4.69, 9.17) is 10.7 Å². The molecule has 1 aliphatic carbocycles. The first kappa shape index (κ1) is 22.1. The summed E-state index contributed by atoms with van der Waals surface area (Å²) in [5.74, 6) is 0.366. The molecule has 5 rings (SSSR count). The van der Waals surface area contributed by atoms with Crippen molar-refractivity contribution in [1.29, 1.82) is 0 Å². The molecule has 0 aliphatic heterocycles. The Hall–Kier alpha value is -3.76. The number of hydrogen-bond acceptors (Lipinski definition) is 7. The highest BCUT2D eigenvalue weighted by atomic mass is 32.1. The van der Waals surface area contributed by atoms with E-state index in [0.29, 0.717) is 28.6 Å². The number of thiazole rings is 1. The molecule has 172 valence electrons. The van der Waals surface area contributed by atoms with Crippen LogP contribution in [0.1, 0.15) is 28.1 Å². The van der Waals surface area contributed by atoms with Crippen molar-refractivity contribution in [3.63, 3.8) is 0 Å². The molecule has 0 unspecified atom stereocenters. The zero-order valence-corrected chi connectivity index (χ0v) is 19.7. The molecule has 1 fully saturated rings. The Morgan fingerprint density at radius 1 is 1.06 bits per heavy atom. The van der Waals surface area contributed by atoms with Crippen LogP contribution in [0.15, 0.2) is 59.4 Å². The van der Waals surface area contributed by atoms with Crippen LogP contribution >= 0.6 is 22.7 Å². The SMILES string of the molecule is Nc1ccc(CNC(=O)Nc2ccc(-c3nc(-c4ccsc4)c(C(=O)NC4CC4)s3)cc2)cn1. The maximum atomic E-state index is 12.8. The van der Waals surface area contributed by atoms with E-state index in [2.05, 4.69) is 20.9 Å². The maximum Gasteiger partial charge on any atom is 0.319 e. The van der Waals surface area contributed by atoms with Crippen molar-refractivity contribution in [2.24, 2.45) is 0 Å². The Bertz CT molecular complexity index is 1300. The highest BCUT2D eigenvalue weighted by Crippen LogP contribution is 2.35. The molecule has 4 aromatic rings. The number of pyridine rings is 1. The summed E-state index contributed by atoms with van der Waals surface area (Å²) in [5, 5.41) is 13.4. The maximum absolute atomic E-state index is 12.8. The van der Waals surface area contributed by atoms with E-state index in [1.165, 1.54) is 11.3 Å². The van der Waals surface area contributed by atoms with Gasteiger partial charge in [0, 0.05) is 41.0 Å². The second kappa shape index (κ2) is 9.62. The average Bonchev–Trinajstić information content (AvgIpc) is 3.31. The summed E-state index contributed by atoms with van der Waals surface area (Å²) in [6.07, 6.45) is 3.69. The van der Waals surface area contributed by atoms with Gasteiger partial charge >= 0.3 is 6.03 Å². The molecule has 3 heterocycles. The fourth-order valence-corrected chi connectivity index (χ4v) is 4.90. The van der Waals surface area contributed by atoms with Crippen molar-refractivity contribution in [3.05, 3.63) is 69.9 Å². The number of benzene rings is 1. The number of nitrogens with two attached hydrogens (primary N) is 1. The summed E-state index contributed by atoms with van der Waals surface area (Å²) in [6.45, 7) is 0.341. The van der Waals surface area contributed by atoms with Gasteiger partial charge in [-0.15, -0.1) is 11.3 Å². The molecule has 3 aromatic heterocycles. The van der Waals surface area contributed by atoms with Crippen molar-refractivity contribution in [2.45, 2.75) is 25.4 Å². The van der Waals surface area contributed by atoms with E-state index in [9.17, 15) is 9.59 Å². The van der Waals surface area contributed by atoms with Crippen LogP contribution in [-0.4, -0.2) is 27.9 Å². The normalized spacial score (nSPS) is 12.8. The van der Waals surface area contributed by atoms with Gasteiger partial charge in [0.25, 0.3) is 5.91 Å². The molecule has 3 amide bonds. The number of urea groups is 1. The van der Waals surface area contributed by atoms with E-state index in [1.54, 1.807) is 23.6 Å². The Labute approximate surface area is 204 Å². The fourth-order valence-electron chi connectivity index (χ4n) is 3.27. The Kier molecular flexibility index (Phi) is 6.24. The number of rotatable bonds is 7. The molecule has 1 aromatic carbocycles. The van der Waals surface area contributed by atoms with Crippen LogP contribution in [0.5, 0.6) is 0 Å². The fraction of sp³-hybridized carbons (Fsp3) is 0.167. The van der Waals surface area contributed by atoms with Crippen LogP contribution in [-0.2, 0) is 6.54 Å². The van der Waals surface area contributed by atoms with Crippen LogP contribution in [0.2, 0.25) is 0 Å². The highest BCUT2D eigenvalue weighted by molar-refractivity contribution is 7.17. The molecule has 1 saturated carbocycles. The van der Waals surface area contributed by atoms with Crippen LogP contribution < -0.4 is 21.7 Å². The first-order valence-corrected chi connectivity index (χ1v) is 12.5. The van der Waals surface area contributed by atoms with Gasteiger partial charge < -0.3 is 21.7 Å². The Balaban J connectivity index is 1.27. The van der Waals surface area contributed by atoms with Gasteiger partial charge in [0.05, 0.1) is 5.69 Å². The minimum Gasteiger partial charge on any atom is -0.384 e. The minimum atomic E-state index is -0.322. The van der Waals surface area contributed by atoms with Crippen molar-refractivity contribution in [1.82, 2.24) is 20.6 Å². The first-order valence-electron chi connectivity index (χ1n) is 10.7. The van der Waals surface area contributed by atoms with Crippen LogP contribution in [0.25, 0.3) is 21.8 Å². The van der Waals surface area contributed by atoms with E-state index in [-0.39, 0.29) is 18.0 Å². The third kappa shape index (κ3) is 5.24. The Morgan fingerprint density at radius 2 is 1.88 bits per heavy atom. The monoisotopic (exact) mass is 490 g/mol. The summed E-state index contributed by atoms with van der Waals surface area (Å²) in [6, 6.07) is 12.8. The highest BCUT2D eigenvalue weighted by Gasteiger charge is 2.27. The van der Waals surface area contributed by atoms with E-state index >= 15 is 0 Å². The van der Waals surface area contributed by atoms with Gasteiger partial charge in [-0.25, -0.2) is 14.8 Å². The number of nitrogens with one attached hydrogen (secondary N) is 3. The minimum absolute atomic E-state index is 0.0706. The number of carbonyl (C=O) groups is 2. The summed E-state index contributed by atoms with van der Waals surface area (Å²) >= 11 is 2.96. The molecule has 0 atom stereocenters. The van der Waals surface area contributed by atoms with Gasteiger partial charge in [-0.2, -0.15) is 11.3 Å². The van der Waals surface area contributed by atoms with E-state index in [1.807, 2.05) is 47.2 Å². The Morgan fingerprint density at radius 3 is 2.56 bits per heavy atom. The van der Waals surface area contributed by atoms with Gasteiger partial charge in [-0.05, 0) is 60.2 Å². The molecule has 1 aliphatic rings. The zero-order valence-electron chi connectivity index (χ0n) is 18.1. The smallest absolute Gasteiger partial charge is 0.319 e. The summed E-state index contributed by atoms with van der Waals surface area (Å²) in [4.78, 5) is 34.5. The van der Waals surface area contributed by atoms with E-state index in [0.717, 1.165) is 34.5 Å². The second-order valence-corrected chi connectivity index (χ2v) is 9.71. The van der Waals surface area contributed by atoms with Gasteiger partial charge in [-0.3, -0.25) is 4.79 Å². The predicted molar refractivity (Wildman–Crippen MR) is 136 cm³/mol. The number of thiophene rings is 1. The van der Waals surface area contributed by atoms with Gasteiger partial charge in [0.2, 0.25) is 0 Å². The number of aromatic nitrogens is 2. The van der Waals surface area contributed by atoms with Crippen molar-refractivity contribution in [3.8, 4) is 21.8 Å². The predicted octanol–water partition coefficient (Wildman–Crippen LogP) is 4.73. The van der Waals surface area contributed by atoms with Gasteiger partial charge in [0.1, 0.15) is 15.7 Å². The third-order valence-electron chi connectivity index (χ3n) is 5.23. The second-order valence-electron chi connectivity index (χ2n) is 7.93. The van der Waals surface area contributed by atoms with Gasteiger partial charge in [-0.1, -0.05) is 6.07 Å². The molecule has 0 radical (unpaired) electrons. The summed E-state index contributed by atoms with van der Waals surface area (Å²) in [7, 11) is 0. The molecular weight excluding hydrogens is 468 g/mol. The topological polar surface area (TPSA) is 122 Å². The van der Waals surface area contributed by atoms with Crippen LogP contribution in [0.4, 0.5) is 16.3 Å². The molecule has 34 heavy (non-hydrogen) atoms. The largest absolute Gasteiger partial charge is 0.384 e. The van der Waals surface area contributed by atoms with Crippen molar-refractivity contribution in [2.75, 3.05) is 11.1 Å². The lowest BCUT2D eigenvalue weighted by Gasteiger charge is -2.08. The quantitative estimate of drug-likeness (QED) is 0.298. The molecule has 8 nitrogen and oxygen atoms in total. The third-order valence-corrected chi connectivity index (χ3v) is 7.02. The number of anilines is 2. The molecule has 0 saturated heterocycles. The summed E-state index contributed by atoms with van der Waals surface area (Å²) in [5.41, 5.74) is 9.61. The summed E-state index contributed by atoms with van der Waals surface area (Å²) < 4.78 is 0. The first-order chi connectivity index (χ1) is 16.5. The molecule has 10 heteroatoms. The number of carbonyl (C=O) groups excluding carboxylic acids is 2. The standard InChI is InChI=1S/C24H22N6O2S2/c25-19-8-1-14(11-26-19)12-27-24(32)29-18-4-2-15(3-5-18)23-30-20(16-9-10-33-13-16)21(34-23)22(31)28-17-6-7-17/h1-5,8-11,13,17H,6-7,12H2,(H2,25,26)(H,28,31)(H2,27,29,32). The lowest BCUT2D eigenvalue weighted by Crippen LogP contribution is -2.28. The lowest BCUT2D eigenvalue weighted by atomic mass is 10.2. The van der Waals surface area contributed by atoms with Gasteiger partial charge in [0.15, 0.2) is 0 Å². The average molecular weight is 491 g/mol. The number of nitrogen functional groups attached to an aromatic ring is 1. The molecule has 0 spiro atoms. The number of nitrogens with zero attached hydrogens (tertiary/aromatic N) is 2. The molecule has 5 N–H and O–H groups in total. The zero-order chi connectivity index (χ0) is 23.5. The van der Waals surface area contributed by atoms with Crippen molar-refractivity contribution >= 4 is 46.1 Å². The lowest BCUT2D eigenvalue weighted by molar-refractivity contribution is 0.0955. The van der Waals surface area contributed by atoms with Crippen molar-refractivity contribution < 1.29 is 9.59 Å².